The van der Waals surface area contributed by atoms with Crippen LogP contribution in [0.25, 0.3) is 0 Å². The molecular formula is C20H24N2O5S. The summed E-state index contributed by atoms with van der Waals surface area (Å²) in [5.74, 6) is -0.0707. The van der Waals surface area contributed by atoms with E-state index in [9.17, 15) is 13.2 Å². The van der Waals surface area contributed by atoms with Crippen LogP contribution in [0.4, 0.5) is 5.69 Å². The van der Waals surface area contributed by atoms with Crippen LogP contribution in [0.5, 0.6) is 5.75 Å². The molecule has 0 radical (unpaired) electrons. The van der Waals surface area contributed by atoms with Crippen molar-refractivity contribution in [2.75, 3.05) is 38.7 Å². The van der Waals surface area contributed by atoms with Gasteiger partial charge >= 0.3 is 0 Å². The van der Waals surface area contributed by atoms with Crippen LogP contribution in [0.2, 0.25) is 0 Å². The highest BCUT2D eigenvalue weighted by atomic mass is 32.2. The summed E-state index contributed by atoms with van der Waals surface area (Å²) < 4.78 is 37.9. The number of carbonyl (C=O) groups excluding carboxylic acids is 1. The Morgan fingerprint density at radius 3 is 2.43 bits per heavy atom. The number of rotatable bonds is 5. The number of carbonyl (C=O) groups is 1. The monoisotopic (exact) mass is 404 g/mol. The lowest BCUT2D eigenvalue weighted by molar-refractivity contribution is 0.0729. The minimum atomic E-state index is -3.76. The molecule has 0 unspecified atom stereocenters. The topological polar surface area (TPSA) is 84.9 Å². The molecular weight excluding hydrogens is 380 g/mol. The van der Waals surface area contributed by atoms with Crippen molar-refractivity contribution in [1.29, 1.82) is 0 Å². The maximum atomic E-state index is 13.0. The van der Waals surface area contributed by atoms with Crippen molar-refractivity contribution in [2.45, 2.75) is 18.7 Å². The number of nitrogens with one attached hydrogen (secondary N) is 1. The summed E-state index contributed by atoms with van der Waals surface area (Å²) in [4.78, 5) is 12.6. The molecule has 1 fully saturated rings. The summed E-state index contributed by atoms with van der Waals surface area (Å²) in [6.45, 7) is 5.18. The Labute approximate surface area is 165 Å². The average Bonchev–Trinajstić information content (AvgIpc) is 2.70. The lowest BCUT2D eigenvalue weighted by Gasteiger charge is -2.26. The normalized spacial score (nSPS) is 15.2. The molecule has 7 nitrogen and oxygen atoms in total. The third kappa shape index (κ3) is 4.19. The Balaban J connectivity index is 1.90. The van der Waals surface area contributed by atoms with Crippen molar-refractivity contribution in [3.05, 3.63) is 53.1 Å². The largest absolute Gasteiger partial charge is 0.495 e. The number of hydrogen-bond donors (Lipinski definition) is 1. The molecule has 0 saturated carbocycles. The van der Waals surface area contributed by atoms with Gasteiger partial charge < -0.3 is 14.8 Å². The summed E-state index contributed by atoms with van der Waals surface area (Å²) in [5, 5.41) is 2.77. The molecule has 150 valence electrons. The van der Waals surface area contributed by atoms with Crippen LogP contribution < -0.4 is 10.1 Å². The number of amides is 1. The zero-order chi connectivity index (χ0) is 20.3. The van der Waals surface area contributed by atoms with Gasteiger partial charge in [0.15, 0.2) is 0 Å². The molecule has 1 heterocycles. The summed E-state index contributed by atoms with van der Waals surface area (Å²) in [7, 11) is -2.35. The minimum absolute atomic E-state index is 0.0230. The number of nitrogens with zero attached hydrogens (tertiary/aromatic N) is 1. The summed E-state index contributed by atoms with van der Waals surface area (Å²) in [6.07, 6.45) is 0. The van der Waals surface area contributed by atoms with Crippen LogP contribution in [0.1, 0.15) is 21.5 Å². The van der Waals surface area contributed by atoms with E-state index in [1.807, 2.05) is 19.9 Å². The predicted molar refractivity (Wildman–Crippen MR) is 106 cm³/mol. The number of aryl methyl sites for hydroxylation is 2. The Morgan fingerprint density at radius 1 is 1.07 bits per heavy atom. The molecule has 1 N–H and O–H groups in total. The van der Waals surface area contributed by atoms with Crippen LogP contribution in [0.3, 0.4) is 0 Å². The van der Waals surface area contributed by atoms with Gasteiger partial charge in [0.05, 0.1) is 20.3 Å². The van der Waals surface area contributed by atoms with Gasteiger partial charge in [-0.2, -0.15) is 4.31 Å². The van der Waals surface area contributed by atoms with Crippen molar-refractivity contribution in [1.82, 2.24) is 4.31 Å². The molecule has 0 aromatic heterocycles. The number of benzene rings is 2. The Morgan fingerprint density at radius 2 is 1.79 bits per heavy atom. The molecule has 28 heavy (non-hydrogen) atoms. The second-order valence-electron chi connectivity index (χ2n) is 6.64. The van der Waals surface area contributed by atoms with E-state index in [4.69, 9.17) is 9.47 Å². The fraction of sp³-hybridized carbons (Fsp3) is 0.350. The van der Waals surface area contributed by atoms with Gasteiger partial charge in [0.1, 0.15) is 10.6 Å². The van der Waals surface area contributed by atoms with E-state index >= 15 is 0 Å². The first kappa shape index (κ1) is 20.3. The quantitative estimate of drug-likeness (QED) is 0.828. The molecule has 1 aliphatic rings. The Bertz CT molecular complexity index is 982. The van der Waals surface area contributed by atoms with E-state index < -0.39 is 10.0 Å². The first-order valence-electron chi connectivity index (χ1n) is 8.97. The molecule has 0 bridgehead atoms. The highest BCUT2D eigenvalue weighted by Gasteiger charge is 2.29. The highest BCUT2D eigenvalue weighted by molar-refractivity contribution is 7.89. The molecule has 2 aromatic rings. The average molecular weight is 404 g/mol. The SMILES string of the molecule is COc1ccc(NC(=O)c2ccc(C)c(C)c2)cc1S(=O)(=O)N1CCOCC1. The predicted octanol–water partition coefficient (Wildman–Crippen LogP) is 2.59. The molecule has 1 saturated heterocycles. The van der Waals surface area contributed by atoms with Gasteiger partial charge in [-0.05, 0) is 55.3 Å². The maximum Gasteiger partial charge on any atom is 0.255 e. The number of hydrogen-bond acceptors (Lipinski definition) is 5. The van der Waals surface area contributed by atoms with Crippen molar-refractivity contribution < 1.29 is 22.7 Å². The first-order valence-corrected chi connectivity index (χ1v) is 10.4. The second kappa shape index (κ2) is 8.30. The molecule has 0 spiro atoms. The standard InChI is InChI=1S/C20H24N2O5S/c1-14-4-5-16(12-15(14)2)20(23)21-17-6-7-18(26-3)19(13-17)28(24,25)22-8-10-27-11-9-22/h4-7,12-13H,8-11H2,1-3H3,(H,21,23). The number of morpholine rings is 1. The highest BCUT2D eigenvalue weighted by Crippen LogP contribution is 2.30. The summed E-state index contributed by atoms with van der Waals surface area (Å²) in [6, 6.07) is 10.0. The van der Waals surface area contributed by atoms with Gasteiger partial charge in [-0.3, -0.25) is 4.79 Å². The van der Waals surface area contributed by atoms with Crippen molar-refractivity contribution in [2.24, 2.45) is 0 Å². The number of ether oxygens (including phenoxy) is 2. The molecule has 0 atom stereocenters. The molecule has 0 aliphatic carbocycles. The number of anilines is 1. The maximum absolute atomic E-state index is 13.0. The van der Waals surface area contributed by atoms with Gasteiger partial charge in [0, 0.05) is 24.3 Å². The van der Waals surface area contributed by atoms with Crippen LogP contribution in [-0.4, -0.2) is 52.0 Å². The first-order chi connectivity index (χ1) is 13.3. The Kier molecular flexibility index (Phi) is 6.02. The lowest BCUT2D eigenvalue weighted by Crippen LogP contribution is -2.40. The van der Waals surface area contributed by atoms with Crippen molar-refractivity contribution in [3.8, 4) is 5.75 Å². The zero-order valence-corrected chi connectivity index (χ0v) is 17.0. The van der Waals surface area contributed by atoms with Crippen LogP contribution in [-0.2, 0) is 14.8 Å². The smallest absolute Gasteiger partial charge is 0.255 e. The molecule has 8 heteroatoms. The third-order valence-electron chi connectivity index (χ3n) is 4.78. The van der Waals surface area contributed by atoms with Crippen LogP contribution in [0.15, 0.2) is 41.3 Å². The fourth-order valence-corrected chi connectivity index (χ4v) is 4.56. The lowest BCUT2D eigenvalue weighted by atomic mass is 10.1. The van der Waals surface area contributed by atoms with Gasteiger partial charge in [0.25, 0.3) is 5.91 Å². The zero-order valence-electron chi connectivity index (χ0n) is 16.2. The van der Waals surface area contributed by atoms with Gasteiger partial charge in [-0.25, -0.2) is 8.42 Å². The van der Waals surface area contributed by atoms with Gasteiger partial charge in [-0.1, -0.05) is 6.07 Å². The summed E-state index contributed by atoms with van der Waals surface area (Å²) in [5.41, 5.74) is 3.00. The molecule has 1 amide bonds. The van der Waals surface area contributed by atoms with Gasteiger partial charge in [0.2, 0.25) is 10.0 Å². The van der Waals surface area contributed by atoms with Crippen molar-refractivity contribution >= 4 is 21.6 Å². The summed E-state index contributed by atoms with van der Waals surface area (Å²) >= 11 is 0. The van der Waals surface area contributed by atoms with Crippen LogP contribution >= 0.6 is 0 Å². The number of sulfonamides is 1. The van der Waals surface area contributed by atoms with Gasteiger partial charge in [-0.15, -0.1) is 0 Å². The third-order valence-corrected chi connectivity index (χ3v) is 6.70. The molecule has 3 rings (SSSR count). The van der Waals surface area contributed by atoms with E-state index in [0.717, 1.165) is 11.1 Å². The number of methoxy groups -OCH3 is 1. The molecule has 2 aromatic carbocycles. The van der Waals surface area contributed by atoms with E-state index in [0.29, 0.717) is 24.5 Å². The Hall–Kier alpha value is -2.42. The van der Waals surface area contributed by atoms with E-state index in [2.05, 4.69) is 5.32 Å². The fourth-order valence-electron chi connectivity index (χ4n) is 2.97. The van der Waals surface area contributed by atoms with Crippen LogP contribution in [0, 0.1) is 13.8 Å². The van der Waals surface area contributed by atoms with E-state index in [1.165, 1.54) is 17.5 Å². The van der Waals surface area contributed by atoms with E-state index in [1.54, 1.807) is 24.3 Å². The minimum Gasteiger partial charge on any atom is -0.495 e. The second-order valence-corrected chi connectivity index (χ2v) is 8.54. The molecule has 1 aliphatic heterocycles. The van der Waals surface area contributed by atoms with E-state index in [-0.39, 0.29) is 29.6 Å². The van der Waals surface area contributed by atoms with Crippen molar-refractivity contribution in [3.63, 3.8) is 0 Å².